The maximum absolute atomic E-state index is 13.4. The van der Waals surface area contributed by atoms with E-state index in [9.17, 15) is 24.0 Å². The van der Waals surface area contributed by atoms with Crippen LogP contribution < -0.4 is 37.2 Å². The van der Waals surface area contributed by atoms with E-state index in [-0.39, 0.29) is 24.4 Å². The first-order chi connectivity index (χ1) is 30.5. The standard InChI is InChI=1S/C47H55N11O5/c1-30-9-10-34(28-57(26-30)42-25-40(53-54-44(42)49)37-7-2-3-8-39(37)48)51-33-6-4-5-32(23-33)27-55(22-18-50-29-59)19-15-31-16-20-56(21-17-31)35-11-12-36-38(24-35)47(63)58(46(36)62)41-13-14-43(60)52-45(41)61/h2-8,11-12,23-25,29,31,34,41,51H,1,9-10,13-22,26-28,48H2,(H2,49,54)(H,50,59)(H,52,60,61). The van der Waals surface area contributed by atoms with Gasteiger partial charge in [0.25, 0.3) is 11.8 Å². The molecule has 3 aromatic carbocycles. The molecule has 2 atom stereocenters. The second-order valence-corrected chi connectivity index (χ2v) is 17.0. The van der Waals surface area contributed by atoms with Crippen molar-refractivity contribution < 1.29 is 24.0 Å². The van der Waals surface area contributed by atoms with Crippen LogP contribution in [0.5, 0.6) is 0 Å². The van der Waals surface area contributed by atoms with E-state index in [1.807, 2.05) is 36.4 Å². The molecule has 1 aromatic heterocycles. The molecule has 16 nitrogen and oxygen atoms in total. The zero-order valence-corrected chi connectivity index (χ0v) is 35.4. The maximum atomic E-state index is 13.4. The highest BCUT2D eigenvalue weighted by molar-refractivity contribution is 6.23. The number of fused-ring (bicyclic) bond motifs is 1. The number of para-hydroxylation sites is 1. The molecule has 3 fully saturated rings. The molecule has 4 aliphatic heterocycles. The summed E-state index contributed by atoms with van der Waals surface area (Å²) in [4.78, 5) is 69.9. The van der Waals surface area contributed by atoms with E-state index in [1.165, 1.54) is 5.56 Å². The molecular formula is C47H55N11O5. The molecule has 0 radical (unpaired) electrons. The molecule has 328 valence electrons. The Kier molecular flexibility index (Phi) is 13.0. The van der Waals surface area contributed by atoms with Crippen LogP contribution >= 0.6 is 0 Å². The first kappa shape index (κ1) is 42.9. The molecule has 5 heterocycles. The van der Waals surface area contributed by atoms with Gasteiger partial charge in [-0.1, -0.05) is 42.5 Å². The summed E-state index contributed by atoms with van der Waals surface area (Å²) in [6, 6.07) is 22.5. The third-order valence-electron chi connectivity index (χ3n) is 12.7. The molecule has 16 heteroatoms. The minimum Gasteiger partial charge on any atom is -0.398 e. The average molecular weight is 854 g/mol. The van der Waals surface area contributed by atoms with Crippen LogP contribution in [0, 0.1) is 5.92 Å². The Labute approximate surface area is 367 Å². The minimum absolute atomic E-state index is 0.0806. The second-order valence-electron chi connectivity index (χ2n) is 17.0. The number of hydrogen-bond donors (Lipinski definition) is 5. The summed E-state index contributed by atoms with van der Waals surface area (Å²) >= 11 is 0. The number of amides is 5. The van der Waals surface area contributed by atoms with E-state index in [0.717, 1.165) is 97.8 Å². The SMILES string of the molecule is C=C1CCC(Nc2cccc(CN(CCNC=O)CCC3CCN(c4ccc5c(c4)C(=O)N(C4CCC(=O)NC4=O)C5=O)CC3)c2)CN(c2cc(-c3ccccc3N)nnc2N)C1. The number of nitrogens with one attached hydrogen (secondary N) is 3. The van der Waals surface area contributed by atoms with Crippen molar-refractivity contribution in [1.82, 2.24) is 30.6 Å². The lowest BCUT2D eigenvalue weighted by Crippen LogP contribution is -2.54. The van der Waals surface area contributed by atoms with Crippen molar-refractivity contribution >= 4 is 58.6 Å². The molecule has 0 saturated carbocycles. The predicted molar refractivity (Wildman–Crippen MR) is 243 cm³/mol. The molecule has 0 aliphatic carbocycles. The predicted octanol–water partition coefficient (Wildman–Crippen LogP) is 4.20. The van der Waals surface area contributed by atoms with Gasteiger partial charge in [0.05, 0.1) is 22.5 Å². The van der Waals surface area contributed by atoms with Crippen LogP contribution in [-0.4, -0.2) is 108 Å². The summed E-state index contributed by atoms with van der Waals surface area (Å²) in [6.07, 6.45) is 5.67. The molecule has 8 rings (SSSR count). The molecule has 3 saturated heterocycles. The Hall–Kier alpha value is -6.81. The van der Waals surface area contributed by atoms with Gasteiger partial charge in [-0.15, -0.1) is 10.2 Å². The monoisotopic (exact) mass is 853 g/mol. The Bertz CT molecular complexity index is 2400. The number of hydrogen-bond acceptors (Lipinski definition) is 13. The highest BCUT2D eigenvalue weighted by Crippen LogP contribution is 2.34. The number of rotatable bonds is 15. The first-order valence-electron chi connectivity index (χ1n) is 21.8. The number of nitrogen functional groups attached to an aromatic ring is 2. The molecule has 63 heavy (non-hydrogen) atoms. The zero-order chi connectivity index (χ0) is 44.0. The van der Waals surface area contributed by atoms with Gasteiger partial charge in [0.2, 0.25) is 18.2 Å². The number of carbonyl (C=O) groups excluding carboxylic acids is 5. The van der Waals surface area contributed by atoms with E-state index in [0.29, 0.717) is 54.9 Å². The molecule has 2 unspecified atom stereocenters. The van der Waals surface area contributed by atoms with Crippen molar-refractivity contribution in [1.29, 1.82) is 0 Å². The van der Waals surface area contributed by atoms with E-state index in [2.05, 4.69) is 71.7 Å². The quantitative estimate of drug-likeness (QED) is 0.0374. The lowest BCUT2D eigenvalue weighted by atomic mass is 9.92. The van der Waals surface area contributed by atoms with Crippen LogP contribution in [0.15, 0.2) is 84.9 Å². The number of nitrogens with zero attached hydrogens (tertiary/aromatic N) is 6. The van der Waals surface area contributed by atoms with Crippen LogP contribution in [-0.2, 0) is 20.9 Å². The Balaban J connectivity index is 0.869. The van der Waals surface area contributed by atoms with Crippen LogP contribution in [0.3, 0.4) is 0 Å². The fraction of sp³-hybridized carbons (Fsp3) is 0.383. The molecule has 4 aromatic rings. The molecule has 4 aliphatic rings. The van der Waals surface area contributed by atoms with E-state index < -0.39 is 29.7 Å². The van der Waals surface area contributed by atoms with Gasteiger partial charge in [0, 0.05) is 80.9 Å². The summed E-state index contributed by atoms with van der Waals surface area (Å²) in [7, 11) is 0. The summed E-state index contributed by atoms with van der Waals surface area (Å²) in [5, 5.41) is 17.5. The van der Waals surface area contributed by atoms with Crippen molar-refractivity contribution in [2.24, 2.45) is 5.92 Å². The highest BCUT2D eigenvalue weighted by Gasteiger charge is 2.45. The van der Waals surface area contributed by atoms with Gasteiger partial charge in [-0.2, -0.15) is 0 Å². The first-order valence-corrected chi connectivity index (χ1v) is 21.8. The number of anilines is 5. The van der Waals surface area contributed by atoms with Crippen LogP contribution in [0.2, 0.25) is 0 Å². The molecule has 5 amide bonds. The molecular weight excluding hydrogens is 799 g/mol. The molecule has 7 N–H and O–H groups in total. The summed E-state index contributed by atoms with van der Waals surface area (Å²) < 4.78 is 0. The highest BCUT2D eigenvalue weighted by atomic mass is 16.2. The number of piperidine rings is 2. The van der Waals surface area contributed by atoms with Crippen LogP contribution in [0.4, 0.5) is 28.6 Å². The lowest BCUT2D eigenvalue weighted by Gasteiger charge is -2.35. The maximum Gasteiger partial charge on any atom is 0.262 e. The smallest absolute Gasteiger partial charge is 0.262 e. The van der Waals surface area contributed by atoms with Gasteiger partial charge in [-0.05, 0) is 99.0 Å². The molecule has 0 spiro atoms. The van der Waals surface area contributed by atoms with Crippen LogP contribution in [0.1, 0.15) is 71.2 Å². The van der Waals surface area contributed by atoms with Gasteiger partial charge < -0.3 is 31.9 Å². The number of aromatic nitrogens is 2. The van der Waals surface area contributed by atoms with Crippen molar-refractivity contribution in [2.45, 2.75) is 63.6 Å². The van der Waals surface area contributed by atoms with Gasteiger partial charge in [-0.25, -0.2) is 0 Å². The van der Waals surface area contributed by atoms with Crippen molar-refractivity contribution in [3.05, 3.63) is 102 Å². The van der Waals surface area contributed by atoms with E-state index in [1.54, 1.807) is 12.1 Å². The van der Waals surface area contributed by atoms with Gasteiger partial charge in [0.15, 0.2) is 5.82 Å². The number of carbonyl (C=O) groups is 5. The van der Waals surface area contributed by atoms with Crippen molar-refractivity contribution in [2.75, 3.05) is 72.4 Å². The largest absolute Gasteiger partial charge is 0.398 e. The van der Waals surface area contributed by atoms with Gasteiger partial charge in [0.1, 0.15) is 6.04 Å². The second kappa shape index (κ2) is 19.1. The number of imide groups is 2. The Morgan fingerprint density at radius 1 is 0.841 bits per heavy atom. The Morgan fingerprint density at radius 3 is 2.44 bits per heavy atom. The average Bonchev–Trinajstić information content (AvgIpc) is 3.38. The molecule has 0 bridgehead atoms. The number of benzene rings is 3. The summed E-state index contributed by atoms with van der Waals surface area (Å²) in [6.45, 7) is 10.2. The van der Waals surface area contributed by atoms with Gasteiger partial charge in [-0.3, -0.25) is 39.1 Å². The van der Waals surface area contributed by atoms with Crippen LogP contribution in [0.25, 0.3) is 11.3 Å². The van der Waals surface area contributed by atoms with Crippen molar-refractivity contribution in [3.63, 3.8) is 0 Å². The topological polar surface area (TPSA) is 212 Å². The zero-order valence-electron chi connectivity index (χ0n) is 35.4. The van der Waals surface area contributed by atoms with E-state index in [4.69, 9.17) is 11.5 Å². The summed E-state index contributed by atoms with van der Waals surface area (Å²) in [5.41, 5.74) is 20.4. The Morgan fingerprint density at radius 2 is 1.65 bits per heavy atom. The number of nitrogens with two attached hydrogens (primary N) is 2. The summed E-state index contributed by atoms with van der Waals surface area (Å²) in [5.74, 6) is -1.16. The van der Waals surface area contributed by atoms with Crippen molar-refractivity contribution in [3.8, 4) is 11.3 Å². The van der Waals surface area contributed by atoms with Gasteiger partial charge >= 0.3 is 0 Å². The lowest BCUT2D eigenvalue weighted by molar-refractivity contribution is -0.136. The third-order valence-corrected chi connectivity index (χ3v) is 12.7. The minimum atomic E-state index is -0.989. The van der Waals surface area contributed by atoms with E-state index >= 15 is 0 Å². The normalized spacial score (nSPS) is 19.6. The fourth-order valence-corrected chi connectivity index (χ4v) is 9.26. The fourth-order valence-electron chi connectivity index (χ4n) is 9.26. The third kappa shape index (κ3) is 9.81.